The van der Waals surface area contributed by atoms with Gasteiger partial charge in [-0.05, 0) is 30.5 Å². The summed E-state index contributed by atoms with van der Waals surface area (Å²) in [5, 5.41) is 9.88. The van der Waals surface area contributed by atoms with Gasteiger partial charge >= 0.3 is 0 Å². The van der Waals surface area contributed by atoms with Crippen LogP contribution in [0.25, 0.3) is 0 Å². The fraction of sp³-hybridized carbons (Fsp3) is 0.286. The topological polar surface area (TPSA) is 98.4 Å². The number of benzene rings is 1. The van der Waals surface area contributed by atoms with E-state index in [0.29, 0.717) is 30.5 Å². The van der Waals surface area contributed by atoms with Crippen LogP contribution in [0.3, 0.4) is 0 Å². The molecule has 0 saturated carbocycles. The molecule has 8 nitrogen and oxygen atoms in total. The Labute approximate surface area is 169 Å². The van der Waals surface area contributed by atoms with Gasteiger partial charge in [0.25, 0.3) is 5.91 Å². The highest BCUT2D eigenvalue weighted by Crippen LogP contribution is 2.19. The molecule has 0 unspecified atom stereocenters. The van der Waals surface area contributed by atoms with E-state index in [-0.39, 0.29) is 5.91 Å². The SMILES string of the molecule is COCCOc1ccc(C(=O)Nc2cc(CCc3ccccc3OC)[nH]n2)cn1. The minimum atomic E-state index is -0.288. The van der Waals surface area contributed by atoms with Gasteiger partial charge in [-0.1, -0.05) is 18.2 Å². The molecule has 3 rings (SSSR count). The smallest absolute Gasteiger partial charge is 0.258 e. The predicted octanol–water partition coefficient (Wildman–Crippen LogP) is 2.88. The first kappa shape index (κ1) is 20.3. The molecule has 0 aliphatic heterocycles. The van der Waals surface area contributed by atoms with E-state index >= 15 is 0 Å². The molecule has 0 radical (unpaired) electrons. The first-order valence-electron chi connectivity index (χ1n) is 9.25. The van der Waals surface area contributed by atoms with Crippen molar-refractivity contribution >= 4 is 11.7 Å². The Kier molecular flexibility index (Phi) is 7.18. The summed E-state index contributed by atoms with van der Waals surface area (Å²) in [6.07, 6.45) is 3.01. The lowest BCUT2D eigenvalue weighted by Gasteiger charge is -2.06. The number of ether oxygens (including phenoxy) is 3. The van der Waals surface area contributed by atoms with Gasteiger partial charge in [0.1, 0.15) is 12.4 Å². The Morgan fingerprint density at radius 2 is 1.97 bits per heavy atom. The highest BCUT2D eigenvalue weighted by molar-refractivity contribution is 6.03. The molecule has 1 amide bonds. The molecule has 2 N–H and O–H groups in total. The number of anilines is 1. The number of pyridine rings is 1. The van der Waals surface area contributed by atoms with Gasteiger partial charge in [0.15, 0.2) is 5.82 Å². The van der Waals surface area contributed by atoms with Crippen LogP contribution in [0.1, 0.15) is 21.6 Å². The van der Waals surface area contributed by atoms with Gasteiger partial charge in [-0.25, -0.2) is 4.98 Å². The minimum absolute atomic E-state index is 0.288. The summed E-state index contributed by atoms with van der Waals surface area (Å²) < 4.78 is 15.7. The van der Waals surface area contributed by atoms with Gasteiger partial charge in [-0.2, -0.15) is 5.10 Å². The molecule has 1 aromatic carbocycles. The Balaban J connectivity index is 1.53. The summed E-state index contributed by atoms with van der Waals surface area (Å²) in [5.74, 6) is 1.48. The number of carbonyl (C=O) groups excluding carboxylic acids is 1. The zero-order chi connectivity index (χ0) is 20.5. The molecule has 0 spiro atoms. The van der Waals surface area contributed by atoms with Crippen molar-refractivity contribution in [2.24, 2.45) is 0 Å². The maximum Gasteiger partial charge on any atom is 0.258 e. The molecular weight excluding hydrogens is 372 g/mol. The molecule has 0 fully saturated rings. The number of H-pyrrole nitrogens is 1. The molecule has 152 valence electrons. The van der Waals surface area contributed by atoms with Crippen molar-refractivity contribution in [3.8, 4) is 11.6 Å². The van der Waals surface area contributed by atoms with Crippen molar-refractivity contribution in [2.45, 2.75) is 12.8 Å². The lowest BCUT2D eigenvalue weighted by molar-refractivity contribution is 0.102. The summed E-state index contributed by atoms with van der Waals surface area (Å²) in [4.78, 5) is 16.5. The quantitative estimate of drug-likeness (QED) is 0.512. The summed E-state index contributed by atoms with van der Waals surface area (Å²) in [7, 11) is 3.26. The van der Waals surface area contributed by atoms with Crippen LogP contribution in [0.4, 0.5) is 5.82 Å². The predicted molar refractivity (Wildman–Crippen MR) is 109 cm³/mol. The Morgan fingerprint density at radius 3 is 2.72 bits per heavy atom. The summed E-state index contributed by atoms with van der Waals surface area (Å²) in [6.45, 7) is 0.877. The standard InChI is InChI=1S/C21H24N4O4/c1-27-11-12-29-20-10-8-16(14-22-20)21(26)23-19-13-17(24-25-19)9-7-15-5-3-4-6-18(15)28-2/h3-6,8,10,13-14H,7,9,11-12H2,1-2H3,(H2,23,24,25,26). The Bertz CT molecular complexity index is 924. The van der Waals surface area contributed by atoms with Gasteiger partial charge < -0.3 is 19.5 Å². The third-order valence-corrected chi connectivity index (χ3v) is 4.26. The molecule has 0 aliphatic rings. The van der Waals surface area contributed by atoms with Gasteiger partial charge in [0.2, 0.25) is 5.88 Å². The fourth-order valence-corrected chi connectivity index (χ4v) is 2.75. The van der Waals surface area contributed by atoms with Gasteiger partial charge in [0.05, 0.1) is 19.3 Å². The van der Waals surface area contributed by atoms with Crippen LogP contribution >= 0.6 is 0 Å². The number of nitrogens with zero attached hydrogens (tertiary/aromatic N) is 2. The number of methoxy groups -OCH3 is 2. The zero-order valence-corrected chi connectivity index (χ0v) is 16.5. The molecular formula is C21H24N4O4. The van der Waals surface area contributed by atoms with Crippen molar-refractivity contribution in [2.75, 3.05) is 32.8 Å². The van der Waals surface area contributed by atoms with E-state index in [0.717, 1.165) is 29.8 Å². The van der Waals surface area contributed by atoms with E-state index in [9.17, 15) is 4.79 Å². The van der Waals surface area contributed by atoms with E-state index in [1.54, 1.807) is 26.4 Å². The number of hydrogen-bond acceptors (Lipinski definition) is 6. The molecule has 0 saturated heterocycles. The van der Waals surface area contributed by atoms with E-state index in [2.05, 4.69) is 20.5 Å². The zero-order valence-electron chi connectivity index (χ0n) is 16.5. The molecule has 0 bridgehead atoms. The second-order valence-electron chi connectivity index (χ2n) is 6.27. The van der Waals surface area contributed by atoms with E-state index in [1.807, 2.05) is 30.3 Å². The molecule has 29 heavy (non-hydrogen) atoms. The van der Waals surface area contributed by atoms with Crippen LogP contribution in [0.5, 0.6) is 11.6 Å². The van der Waals surface area contributed by atoms with Crippen molar-refractivity contribution in [1.82, 2.24) is 15.2 Å². The summed E-state index contributed by atoms with van der Waals surface area (Å²) in [5.41, 5.74) is 2.46. The lowest BCUT2D eigenvalue weighted by atomic mass is 10.1. The summed E-state index contributed by atoms with van der Waals surface area (Å²) >= 11 is 0. The highest BCUT2D eigenvalue weighted by Gasteiger charge is 2.10. The van der Waals surface area contributed by atoms with Crippen LogP contribution < -0.4 is 14.8 Å². The molecule has 8 heteroatoms. The Morgan fingerprint density at radius 1 is 1.10 bits per heavy atom. The maximum atomic E-state index is 12.4. The first-order valence-corrected chi connectivity index (χ1v) is 9.25. The van der Waals surface area contributed by atoms with Crippen molar-refractivity contribution < 1.29 is 19.0 Å². The lowest BCUT2D eigenvalue weighted by Crippen LogP contribution is -2.13. The first-order chi connectivity index (χ1) is 14.2. The molecule has 2 heterocycles. The third-order valence-electron chi connectivity index (χ3n) is 4.26. The number of amides is 1. The number of rotatable bonds is 10. The van der Waals surface area contributed by atoms with Crippen LogP contribution in [-0.4, -0.2) is 48.5 Å². The van der Waals surface area contributed by atoms with E-state index in [4.69, 9.17) is 14.2 Å². The van der Waals surface area contributed by atoms with Crippen molar-refractivity contribution in [3.05, 3.63) is 65.5 Å². The number of para-hydroxylation sites is 1. The second kappa shape index (κ2) is 10.2. The van der Waals surface area contributed by atoms with Gasteiger partial charge in [-0.3, -0.25) is 9.89 Å². The molecule has 2 aromatic heterocycles. The molecule has 0 aliphatic carbocycles. The number of aromatic amines is 1. The number of carbonyl (C=O) groups is 1. The Hall–Kier alpha value is -3.39. The average Bonchev–Trinajstić information content (AvgIpc) is 3.20. The number of aryl methyl sites for hydroxylation is 2. The van der Waals surface area contributed by atoms with Crippen LogP contribution in [0.15, 0.2) is 48.7 Å². The largest absolute Gasteiger partial charge is 0.496 e. The normalized spacial score (nSPS) is 10.6. The summed E-state index contributed by atoms with van der Waals surface area (Å²) in [6, 6.07) is 13.0. The highest BCUT2D eigenvalue weighted by atomic mass is 16.5. The third kappa shape index (κ3) is 5.79. The van der Waals surface area contributed by atoms with Gasteiger partial charge in [0, 0.05) is 31.1 Å². The van der Waals surface area contributed by atoms with Crippen LogP contribution in [-0.2, 0) is 17.6 Å². The van der Waals surface area contributed by atoms with Crippen LogP contribution in [0.2, 0.25) is 0 Å². The van der Waals surface area contributed by atoms with Crippen molar-refractivity contribution in [1.29, 1.82) is 0 Å². The monoisotopic (exact) mass is 396 g/mol. The van der Waals surface area contributed by atoms with E-state index < -0.39 is 0 Å². The number of aromatic nitrogens is 3. The van der Waals surface area contributed by atoms with Gasteiger partial charge in [-0.15, -0.1) is 0 Å². The number of nitrogens with one attached hydrogen (secondary N) is 2. The van der Waals surface area contributed by atoms with E-state index in [1.165, 1.54) is 6.20 Å². The minimum Gasteiger partial charge on any atom is -0.496 e. The average molecular weight is 396 g/mol. The fourth-order valence-electron chi connectivity index (χ4n) is 2.75. The van der Waals surface area contributed by atoms with Crippen molar-refractivity contribution in [3.63, 3.8) is 0 Å². The van der Waals surface area contributed by atoms with Crippen LogP contribution in [0, 0.1) is 0 Å². The maximum absolute atomic E-state index is 12.4. The second-order valence-corrected chi connectivity index (χ2v) is 6.27. The molecule has 3 aromatic rings. The number of hydrogen-bond donors (Lipinski definition) is 2. The molecule has 0 atom stereocenters.